The maximum Gasteiger partial charge on any atom is 0.321 e. The number of amides is 2. The van der Waals surface area contributed by atoms with E-state index in [1.807, 2.05) is 0 Å². The van der Waals surface area contributed by atoms with Crippen LogP contribution < -0.4 is 5.32 Å². The van der Waals surface area contributed by atoms with Gasteiger partial charge in [0.15, 0.2) is 14.9 Å². The number of rotatable bonds is 2. The van der Waals surface area contributed by atoms with E-state index in [0.29, 0.717) is 0 Å². The molecule has 0 aromatic rings. The molecule has 0 aliphatic rings. The third kappa shape index (κ3) is 3.36. The largest absolute Gasteiger partial charge is 0.341 e. The van der Waals surface area contributed by atoms with Crippen molar-refractivity contribution in [3.63, 3.8) is 0 Å². The highest BCUT2D eigenvalue weighted by atomic mass is 35.5. The van der Waals surface area contributed by atoms with E-state index in [-0.39, 0.29) is 0 Å². The lowest BCUT2D eigenvalue weighted by molar-refractivity contribution is 0.223. The highest BCUT2D eigenvalue weighted by Crippen LogP contribution is 2.21. The summed E-state index contributed by atoms with van der Waals surface area (Å²) in [6, 6.07) is -0.621. The van der Waals surface area contributed by atoms with Crippen molar-refractivity contribution in [3.8, 4) is 0 Å². The zero-order valence-corrected chi connectivity index (χ0v) is 10.2. The summed E-state index contributed by atoms with van der Waals surface area (Å²) in [4.78, 5) is 11.9. The Morgan fingerprint density at radius 1 is 1.36 bits per heavy atom. The van der Waals surface area contributed by atoms with Gasteiger partial charge in [-0.3, -0.25) is 4.90 Å². The predicted molar refractivity (Wildman–Crippen MR) is 55.8 cm³/mol. The van der Waals surface area contributed by atoms with E-state index in [4.69, 9.17) is 23.2 Å². The van der Waals surface area contributed by atoms with Gasteiger partial charge in [-0.05, 0) is 0 Å². The zero-order chi connectivity index (χ0) is 11.5. The Morgan fingerprint density at radius 3 is 2.00 bits per heavy atom. The highest BCUT2D eigenvalue weighted by Gasteiger charge is 2.24. The van der Waals surface area contributed by atoms with Gasteiger partial charge >= 0.3 is 6.03 Å². The fraction of sp³-hybridized carbons (Fsp3) is 0.500. The molecule has 0 fully saturated rings. The standard InChI is InChI=1S/C6H10Cl2N2O3S/c1-9-6(11)10(2)5(4(7)8)14(3,12)13/h1-3H3,(H,9,11). The summed E-state index contributed by atoms with van der Waals surface area (Å²) in [5.74, 6) is 0. The Morgan fingerprint density at radius 2 is 1.79 bits per heavy atom. The van der Waals surface area contributed by atoms with Crippen molar-refractivity contribution in [2.24, 2.45) is 0 Å². The topological polar surface area (TPSA) is 66.5 Å². The first-order valence-electron chi connectivity index (χ1n) is 3.42. The number of hydrogen-bond acceptors (Lipinski definition) is 3. The van der Waals surface area contributed by atoms with E-state index in [2.05, 4.69) is 5.32 Å². The van der Waals surface area contributed by atoms with Crippen LogP contribution in [0.3, 0.4) is 0 Å². The quantitative estimate of drug-likeness (QED) is 0.803. The van der Waals surface area contributed by atoms with Crippen molar-refractivity contribution in [2.75, 3.05) is 20.4 Å². The van der Waals surface area contributed by atoms with E-state index in [9.17, 15) is 13.2 Å². The minimum Gasteiger partial charge on any atom is -0.341 e. The highest BCUT2D eigenvalue weighted by molar-refractivity contribution is 7.94. The number of halogens is 2. The van der Waals surface area contributed by atoms with Gasteiger partial charge in [0.2, 0.25) is 0 Å². The van der Waals surface area contributed by atoms with Gasteiger partial charge in [-0.25, -0.2) is 13.2 Å². The molecule has 0 heterocycles. The van der Waals surface area contributed by atoms with Crippen LogP contribution in [0, 0.1) is 0 Å². The Kier molecular flexibility index (Phi) is 4.70. The van der Waals surface area contributed by atoms with Crippen LogP contribution in [0.25, 0.3) is 0 Å². The fourth-order valence-electron chi connectivity index (χ4n) is 0.776. The first-order chi connectivity index (χ1) is 6.21. The van der Waals surface area contributed by atoms with Crippen molar-refractivity contribution in [2.45, 2.75) is 0 Å². The van der Waals surface area contributed by atoms with Crippen LogP contribution in [0.5, 0.6) is 0 Å². The second kappa shape index (κ2) is 4.86. The molecule has 0 unspecified atom stereocenters. The molecule has 1 N–H and O–H groups in total. The van der Waals surface area contributed by atoms with E-state index in [1.165, 1.54) is 14.1 Å². The van der Waals surface area contributed by atoms with Crippen molar-refractivity contribution in [1.82, 2.24) is 10.2 Å². The minimum absolute atomic E-state index is 0.430. The van der Waals surface area contributed by atoms with Crippen LogP contribution >= 0.6 is 23.2 Å². The van der Waals surface area contributed by atoms with Crippen LogP contribution in [0.2, 0.25) is 0 Å². The SMILES string of the molecule is CNC(=O)N(C)C(=C(Cl)Cl)S(C)(=O)=O. The summed E-state index contributed by atoms with van der Waals surface area (Å²) in [6.45, 7) is 0. The van der Waals surface area contributed by atoms with Crippen LogP contribution in [-0.2, 0) is 9.84 Å². The molecule has 14 heavy (non-hydrogen) atoms. The first-order valence-corrected chi connectivity index (χ1v) is 6.07. The molecule has 8 heteroatoms. The summed E-state index contributed by atoms with van der Waals surface area (Å²) < 4.78 is 21.9. The maximum atomic E-state index is 11.2. The van der Waals surface area contributed by atoms with Gasteiger partial charge in [0, 0.05) is 20.4 Å². The Hall–Kier alpha value is -0.460. The number of nitrogens with one attached hydrogen (secondary N) is 1. The molecule has 0 spiro atoms. The Bertz CT molecular complexity index is 359. The molecule has 0 radical (unpaired) electrons. The fourth-order valence-corrected chi connectivity index (χ4v) is 2.73. The summed E-state index contributed by atoms with van der Waals surface area (Å²) in [7, 11) is -1.03. The molecular weight excluding hydrogens is 251 g/mol. The molecule has 0 aliphatic heterocycles. The first kappa shape index (κ1) is 13.5. The van der Waals surface area contributed by atoms with E-state index < -0.39 is 25.4 Å². The van der Waals surface area contributed by atoms with E-state index >= 15 is 0 Å². The normalized spacial score (nSPS) is 10.6. The molecule has 2 amide bonds. The summed E-state index contributed by atoms with van der Waals surface area (Å²) >= 11 is 10.7. The molecule has 0 saturated heterocycles. The molecular formula is C6H10Cl2N2O3S. The van der Waals surface area contributed by atoms with Gasteiger partial charge in [0.25, 0.3) is 0 Å². The lowest BCUT2D eigenvalue weighted by atomic mass is 10.7. The van der Waals surface area contributed by atoms with Crippen molar-refractivity contribution in [3.05, 3.63) is 9.52 Å². The molecule has 0 bridgehead atoms. The smallest absolute Gasteiger partial charge is 0.321 e. The molecule has 0 aromatic carbocycles. The van der Waals surface area contributed by atoms with Crippen LogP contribution in [0.4, 0.5) is 4.79 Å². The van der Waals surface area contributed by atoms with Crippen LogP contribution in [-0.4, -0.2) is 39.7 Å². The maximum absolute atomic E-state index is 11.2. The average Bonchev–Trinajstić information content (AvgIpc) is 1.99. The summed E-state index contributed by atoms with van der Waals surface area (Å²) in [5, 5.41) is 1.81. The number of hydrogen-bond donors (Lipinski definition) is 1. The Balaban J connectivity index is 5.31. The number of sulfone groups is 1. The van der Waals surface area contributed by atoms with E-state index in [1.54, 1.807) is 0 Å². The molecule has 0 aliphatic carbocycles. The summed E-state index contributed by atoms with van der Waals surface area (Å²) in [6.07, 6.45) is 0.909. The van der Waals surface area contributed by atoms with Gasteiger partial charge in [-0.15, -0.1) is 0 Å². The monoisotopic (exact) mass is 260 g/mol. The number of nitrogens with zero attached hydrogens (tertiary/aromatic N) is 1. The molecule has 0 rings (SSSR count). The van der Waals surface area contributed by atoms with Gasteiger partial charge in [-0.1, -0.05) is 23.2 Å². The third-order valence-electron chi connectivity index (χ3n) is 1.34. The number of carbonyl (C=O) groups is 1. The number of carbonyl (C=O) groups excluding carboxylic acids is 1. The molecule has 0 saturated carbocycles. The van der Waals surface area contributed by atoms with Gasteiger partial charge in [0.05, 0.1) is 0 Å². The zero-order valence-electron chi connectivity index (χ0n) is 7.84. The van der Waals surface area contributed by atoms with E-state index in [0.717, 1.165) is 11.2 Å². The van der Waals surface area contributed by atoms with Crippen molar-refractivity contribution >= 4 is 39.1 Å². The van der Waals surface area contributed by atoms with Crippen LogP contribution in [0.1, 0.15) is 0 Å². The lowest BCUT2D eigenvalue weighted by Gasteiger charge is -2.18. The molecule has 0 aromatic heterocycles. The Labute approximate surface area is 92.6 Å². The third-order valence-corrected chi connectivity index (χ3v) is 3.10. The predicted octanol–water partition coefficient (Wildman–Crippen LogP) is 0.906. The number of urea groups is 1. The lowest BCUT2D eigenvalue weighted by Crippen LogP contribution is -2.36. The second-order valence-electron chi connectivity index (χ2n) is 2.45. The van der Waals surface area contributed by atoms with Gasteiger partial charge in [-0.2, -0.15) is 0 Å². The molecule has 0 atom stereocenters. The van der Waals surface area contributed by atoms with Gasteiger partial charge < -0.3 is 5.32 Å². The minimum atomic E-state index is -3.64. The summed E-state index contributed by atoms with van der Waals surface area (Å²) in [5.41, 5.74) is 0. The average molecular weight is 261 g/mol. The van der Waals surface area contributed by atoms with Crippen molar-refractivity contribution in [1.29, 1.82) is 0 Å². The van der Waals surface area contributed by atoms with Crippen molar-refractivity contribution < 1.29 is 13.2 Å². The molecule has 82 valence electrons. The van der Waals surface area contributed by atoms with Gasteiger partial charge in [0.1, 0.15) is 4.49 Å². The molecule has 5 nitrogen and oxygen atoms in total. The van der Waals surface area contributed by atoms with Crippen LogP contribution in [0.15, 0.2) is 9.52 Å². The second-order valence-corrected chi connectivity index (χ2v) is 5.33.